The van der Waals surface area contributed by atoms with Crippen LogP contribution in [-0.4, -0.2) is 28.9 Å². The second-order valence-corrected chi connectivity index (χ2v) is 6.04. The molecule has 0 spiro atoms. The van der Waals surface area contributed by atoms with Gasteiger partial charge in [0.05, 0.1) is 4.92 Å². The van der Waals surface area contributed by atoms with E-state index in [1.807, 2.05) is 4.90 Å². The number of nitrogens with one attached hydrogen (secondary N) is 1. The number of aryl methyl sites for hydroxylation is 1. The number of hydrogen-bond acceptors (Lipinski definition) is 3. The molecule has 1 aliphatic heterocycles. The van der Waals surface area contributed by atoms with Gasteiger partial charge in [0.2, 0.25) is 0 Å². The van der Waals surface area contributed by atoms with Crippen LogP contribution in [0.4, 0.5) is 16.2 Å². The van der Waals surface area contributed by atoms with Gasteiger partial charge in [0.15, 0.2) is 0 Å². The third-order valence-electron chi connectivity index (χ3n) is 4.68. The summed E-state index contributed by atoms with van der Waals surface area (Å²) in [6, 6.07) is 4.40. The lowest BCUT2D eigenvalue weighted by Gasteiger charge is -2.18. The normalized spacial score (nSPS) is 24.0. The summed E-state index contributed by atoms with van der Waals surface area (Å²) >= 11 is 0. The number of nitrogens with zero attached hydrogens (tertiary/aromatic N) is 2. The molecule has 0 unspecified atom stereocenters. The smallest absolute Gasteiger partial charge is 0.321 e. The first-order valence-electron chi connectivity index (χ1n) is 7.35. The second-order valence-electron chi connectivity index (χ2n) is 6.04. The largest absolute Gasteiger partial charge is 0.324 e. The van der Waals surface area contributed by atoms with Crippen LogP contribution in [0.2, 0.25) is 0 Å². The SMILES string of the molecule is Cc1cc([N+](=O)[O-])ccc1NC(=O)N1C[C@H]2CCC[C@@H]2C1. The number of rotatable bonds is 2. The highest BCUT2D eigenvalue weighted by molar-refractivity contribution is 5.90. The first kappa shape index (κ1) is 13.9. The Morgan fingerprint density at radius 3 is 2.57 bits per heavy atom. The second kappa shape index (κ2) is 5.35. The fraction of sp³-hybridized carbons (Fsp3) is 0.533. The third kappa shape index (κ3) is 2.70. The molecule has 1 N–H and O–H groups in total. The molecule has 1 saturated heterocycles. The number of likely N-dealkylation sites (tertiary alicyclic amines) is 1. The molecule has 1 aliphatic carbocycles. The molecule has 3 rings (SSSR count). The van der Waals surface area contributed by atoms with E-state index in [0.29, 0.717) is 23.1 Å². The predicted molar refractivity (Wildman–Crippen MR) is 79.3 cm³/mol. The molecule has 6 heteroatoms. The zero-order valence-electron chi connectivity index (χ0n) is 12.0. The summed E-state index contributed by atoms with van der Waals surface area (Å²) in [5.74, 6) is 1.32. The fourth-order valence-corrected chi connectivity index (χ4v) is 3.50. The fourth-order valence-electron chi connectivity index (χ4n) is 3.50. The zero-order valence-corrected chi connectivity index (χ0v) is 12.0. The van der Waals surface area contributed by atoms with E-state index in [4.69, 9.17) is 0 Å². The molecule has 2 aliphatic rings. The van der Waals surface area contributed by atoms with Crippen LogP contribution in [-0.2, 0) is 0 Å². The third-order valence-corrected chi connectivity index (χ3v) is 4.68. The number of urea groups is 1. The van der Waals surface area contributed by atoms with Crippen LogP contribution in [0.15, 0.2) is 18.2 Å². The van der Waals surface area contributed by atoms with Gasteiger partial charge in [-0.15, -0.1) is 0 Å². The highest BCUT2D eigenvalue weighted by atomic mass is 16.6. The molecule has 21 heavy (non-hydrogen) atoms. The van der Waals surface area contributed by atoms with Gasteiger partial charge in [-0.3, -0.25) is 10.1 Å². The monoisotopic (exact) mass is 289 g/mol. The van der Waals surface area contributed by atoms with Crippen LogP contribution in [0.3, 0.4) is 0 Å². The maximum atomic E-state index is 12.3. The number of fused-ring (bicyclic) bond motifs is 1. The minimum Gasteiger partial charge on any atom is -0.324 e. The van der Waals surface area contributed by atoms with E-state index in [-0.39, 0.29) is 11.7 Å². The van der Waals surface area contributed by atoms with E-state index in [0.717, 1.165) is 13.1 Å². The highest BCUT2D eigenvalue weighted by Crippen LogP contribution is 2.37. The molecule has 0 bridgehead atoms. The van der Waals surface area contributed by atoms with Crippen LogP contribution < -0.4 is 5.32 Å². The van der Waals surface area contributed by atoms with Crippen molar-refractivity contribution in [3.63, 3.8) is 0 Å². The van der Waals surface area contributed by atoms with Gasteiger partial charge in [0, 0.05) is 30.9 Å². The predicted octanol–water partition coefficient (Wildman–Crippen LogP) is 3.17. The van der Waals surface area contributed by atoms with Crippen LogP contribution in [0.25, 0.3) is 0 Å². The highest BCUT2D eigenvalue weighted by Gasteiger charge is 2.38. The number of non-ortho nitro benzene ring substituents is 1. The summed E-state index contributed by atoms with van der Waals surface area (Å²) in [6.45, 7) is 3.44. The number of carbonyl (C=O) groups is 1. The number of benzene rings is 1. The van der Waals surface area contributed by atoms with Crippen LogP contribution in [0.1, 0.15) is 24.8 Å². The van der Waals surface area contributed by atoms with Gasteiger partial charge in [0.25, 0.3) is 5.69 Å². The summed E-state index contributed by atoms with van der Waals surface area (Å²) < 4.78 is 0. The van der Waals surface area contributed by atoms with E-state index in [1.54, 1.807) is 13.0 Å². The average molecular weight is 289 g/mol. The van der Waals surface area contributed by atoms with Crippen LogP contribution >= 0.6 is 0 Å². The summed E-state index contributed by atoms with van der Waals surface area (Å²) in [4.78, 5) is 24.5. The number of nitro groups is 1. The molecule has 1 aromatic carbocycles. The minimum atomic E-state index is -0.430. The molecule has 112 valence electrons. The van der Waals surface area contributed by atoms with Gasteiger partial charge in [0.1, 0.15) is 0 Å². The summed E-state index contributed by atoms with van der Waals surface area (Å²) in [6.07, 6.45) is 3.74. The molecule has 1 saturated carbocycles. The summed E-state index contributed by atoms with van der Waals surface area (Å²) in [5, 5.41) is 13.6. The molecule has 0 radical (unpaired) electrons. The number of anilines is 1. The Balaban J connectivity index is 1.66. The molecule has 0 aromatic heterocycles. The average Bonchev–Trinajstić information content (AvgIpc) is 3.01. The Bertz CT molecular complexity index is 576. The maximum absolute atomic E-state index is 12.3. The topological polar surface area (TPSA) is 75.5 Å². The van der Waals surface area contributed by atoms with E-state index in [2.05, 4.69) is 5.32 Å². The summed E-state index contributed by atoms with van der Waals surface area (Å²) in [7, 11) is 0. The standard InChI is InChI=1S/C15H19N3O3/c1-10-7-13(18(20)21)5-6-14(10)16-15(19)17-8-11-3-2-4-12(11)9-17/h5-7,11-12H,2-4,8-9H2,1H3,(H,16,19)/t11-,12-/m1/s1. The zero-order chi connectivity index (χ0) is 15.0. The van der Waals surface area contributed by atoms with Crippen molar-refractivity contribution in [3.05, 3.63) is 33.9 Å². The van der Waals surface area contributed by atoms with Crippen molar-refractivity contribution in [2.24, 2.45) is 11.8 Å². The number of hydrogen-bond donors (Lipinski definition) is 1. The Morgan fingerprint density at radius 1 is 1.33 bits per heavy atom. The van der Waals surface area contributed by atoms with Crippen molar-refractivity contribution in [3.8, 4) is 0 Å². The Kier molecular flexibility index (Phi) is 3.53. The van der Waals surface area contributed by atoms with Crippen molar-refractivity contribution in [2.75, 3.05) is 18.4 Å². The first-order chi connectivity index (χ1) is 10.0. The summed E-state index contributed by atoms with van der Waals surface area (Å²) in [5.41, 5.74) is 1.39. The lowest BCUT2D eigenvalue weighted by Crippen LogP contribution is -2.33. The molecule has 2 fully saturated rings. The van der Waals surface area contributed by atoms with Crippen LogP contribution in [0, 0.1) is 28.9 Å². The lowest BCUT2D eigenvalue weighted by molar-refractivity contribution is -0.384. The van der Waals surface area contributed by atoms with Crippen LogP contribution in [0.5, 0.6) is 0 Å². The van der Waals surface area contributed by atoms with Crippen molar-refractivity contribution >= 4 is 17.4 Å². The molecule has 2 amide bonds. The first-order valence-corrected chi connectivity index (χ1v) is 7.35. The molecule has 1 aromatic rings. The Morgan fingerprint density at radius 2 is 2.00 bits per heavy atom. The van der Waals surface area contributed by atoms with E-state index in [9.17, 15) is 14.9 Å². The molecule has 1 heterocycles. The van der Waals surface area contributed by atoms with Crippen molar-refractivity contribution in [1.82, 2.24) is 4.90 Å². The number of carbonyl (C=O) groups excluding carboxylic acids is 1. The van der Waals surface area contributed by atoms with Crippen molar-refractivity contribution in [2.45, 2.75) is 26.2 Å². The molecular formula is C15H19N3O3. The van der Waals surface area contributed by atoms with E-state index in [1.165, 1.54) is 31.4 Å². The number of nitro benzene ring substituents is 1. The maximum Gasteiger partial charge on any atom is 0.321 e. The Hall–Kier alpha value is -2.11. The van der Waals surface area contributed by atoms with Gasteiger partial charge in [-0.25, -0.2) is 4.79 Å². The lowest BCUT2D eigenvalue weighted by atomic mass is 10.0. The van der Waals surface area contributed by atoms with Gasteiger partial charge >= 0.3 is 6.03 Å². The van der Waals surface area contributed by atoms with E-state index >= 15 is 0 Å². The van der Waals surface area contributed by atoms with Gasteiger partial charge < -0.3 is 10.2 Å². The molecule has 2 atom stereocenters. The minimum absolute atomic E-state index is 0.0428. The van der Waals surface area contributed by atoms with E-state index < -0.39 is 4.92 Å². The number of amides is 2. The van der Waals surface area contributed by atoms with Crippen molar-refractivity contribution < 1.29 is 9.72 Å². The quantitative estimate of drug-likeness (QED) is 0.671. The van der Waals surface area contributed by atoms with Gasteiger partial charge in [-0.1, -0.05) is 6.42 Å². The van der Waals surface area contributed by atoms with Crippen molar-refractivity contribution in [1.29, 1.82) is 0 Å². The molecule has 6 nitrogen and oxygen atoms in total. The van der Waals surface area contributed by atoms with Gasteiger partial charge in [-0.2, -0.15) is 0 Å². The molecular weight excluding hydrogens is 270 g/mol. The Labute approximate surface area is 123 Å². The van der Waals surface area contributed by atoms with Gasteiger partial charge in [-0.05, 0) is 43.2 Å².